The van der Waals surface area contributed by atoms with E-state index in [0.29, 0.717) is 62.4 Å². The Balaban J connectivity index is 1.31. The van der Waals surface area contributed by atoms with E-state index in [1.54, 1.807) is 6.07 Å². The molecule has 0 bridgehead atoms. The van der Waals surface area contributed by atoms with Gasteiger partial charge in [-0.25, -0.2) is 15.0 Å². The molecule has 2 fully saturated rings. The molecule has 2 N–H and O–H groups in total. The van der Waals surface area contributed by atoms with E-state index in [1.165, 1.54) is 23.7 Å². The van der Waals surface area contributed by atoms with Crippen LogP contribution in [0.2, 0.25) is 0 Å². The molecule has 43 heavy (non-hydrogen) atoms. The lowest BCUT2D eigenvalue weighted by Crippen LogP contribution is -2.47. The van der Waals surface area contributed by atoms with Gasteiger partial charge in [0.25, 0.3) is 5.91 Å². The summed E-state index contributed by atoms with van der Waals surface area (Å²) in [5, 5.41) is 11.9. The number of likely N-dealkylation sites (tertiary alicyclic amines) is 1. The molecule has 2 saturated heterocycles. The molecule has 1 unspecified atom stereocenters. The van der Waals surface area contributed by atoms with E-state index >= 15 is 0 Å². The van der Waals surface area contributed by atoms with Crippen LogP contribution in [0.5, 0.6) is 0 Å². The molecule has 4 heterocycles. The number of aliphatic carboxylic acids is 1. The number of thiazole rings is 1. The highest BCUT2D eigenvalue weighted by Crippen LogP contribution is 2.39. The fraction of sp³-hybridized carbons (Fsp3) is 0.464. The van der Waals surface area contributed by atoms with Crippen LogP contribution in [0.15, 0.2) is 35.1 Å². The summed E-state index contributed by atoms with van der Waals surface area (Å²) in [6, 6.07) is 4.05. The fourth-order valence-electron chi connectivity index (χ4n) is 5.26. The van der Waals surface area contributed by atoms with Crippen LogP contribution in [0, 0.1) is 0 Å². The monoisotopic (exact) mass is 681 g/mol. The second-order valence-electron chi connectivity index (χ2n) is 10.7. The lowest BCUT2D eigenvalue weighted by molar-refractivity contribution is -0.138. The van der Waals surface area contributed by atoms with Crippen molar-refractivity contribution in [2.45, 2.75) is 44.9 Å². The Morgan fingerprint density at radius 2 is 1.88 bits per heavy atom. The van der Waals surface area contributed by atoms with E-state index in [1.807, 2.05) is 4.90 Å². The molecule has 0 aliphatic carbocycles. The van der Waals surface area contributed by atoms with Crippen molar-refractivity contribution in [3.05, 3.63) is 51.2 Å². The summed E-state index contributed by atoms with van der Waals surface area (Å²) in [4.78, 5) is 44.3. The number of hydrogen-bond acceptors (Lipinski definition) is 9. The number of benzene rings is 1. The Hall–Kier alpha value is -3.14. The third-order valence-corrected chi connectivity index (χ3v) is 9.08. The van der Waals surface area contributed by atoms with E-state index in [-0.39, 0.29) is 21.7 Å². The van der Waals surface area contributed by atoms with Crippen molar-refractivity contribution in [1.82, 2.24) is 24.8 Å². The van der Waals surface area contributed by atoms with E-state index in [2.05, 4.69) is 52.9 Å². The van der Waals surface area contributed by atoms with Crippen LogP contribution in [-0.2, 0) is 17.5 Å². The van der Waals surface area contributed by atoms with E-state index in [9.17, 15) is 22.8 Å². The second-order valence-corrected chi connectivity index (χ2v) is 12.7. The molecule has 1 atom stereocenters. The molecule has 1 aromatic carbocycles. The van der Waals surface area contributed by atoms with Gasteiger partial charge < -0.3 is 10.0 Å². The number of piperazine rings is 1. The van der Waals surface area contributed by atoms with Crippen molar-refractivity contribution in [1.29, 1.82) is 0 Å². The second kappa shape index (κ2) is 13.2. The van der Waals surface area contributed by atoms with Crippen LogP contribution < -0.4 is 10.2 Å². The molecule has 10 nitrogen and oxygen atoms in total. The standard InChI is InChI=1S/C28H31BrF3N7O3S/c1-17-3-2-5-39(17)16-22-25(18-11-19(28(30,31)32)13-20(29)12-18)35-27(43-22)36-26(42)21-14-34-23(15-33-21)38-9-7-37(8-10-38)6-4-24(40)41/h11-15,17H,2-10,16H2,1H3,(H,40,41)(H,35,36,42). The number of nitrogens with one attached hydrogen (secondary N) is 1. The highest BCUT2D eigenvalue weighted by atomic mass is 79.9. The van der Waals surface area contributed by atoms with E-state index < -0.39 is 23.6 Å². The topological polar surface area (TPSA) is 115 Å². The Labute approximate surface area is 259 Å². The first-order chi connectivity index (χ1) is 20.5. The van der Waals surface area contributed by atoms with Crippen LogP contribution in [0.25, 0.3) is 11.3 Å². The zero-order chi connectivity index (χ0) is 30.7. The molecule has 0 spiro atoms. The average Bonchev–Trinajstić information content (AvgIpc) is 3.56. The maximum atomic E-state index is 13.6. The summed E-state index contributed by atoms with van der Waals surface area (Å²) in [7, 11) is 0. The number of aromatic nitrogens is 3. The van der Waals surface area contributed by atoms with Crippen molar-refractivity contribution in [2.24, 2.45) is 0 Å². The van der Waals surface area contributed by atoms with Crippen LogP contribution >= 0.6 is 27.3 Å². The lowest BCUT2D eigenvalue weighted by atomic mass is 10.1. The molecule has 2 aromatic heterocycles. The first-order valence-electron chi connectivity index (χ1n) is 13.9. The number of carboxylic acid groups (broad SMARTS) is 1. The summed E-state index contributed by atoms with van der Waals surface area (Å²) >= 11 is 4.44. The molecule has 0 saturated carbocycles. The van der Waals surface area contributed by atoms with Gasteiger partial charge in [0.15, 0.2) is 5.13 Å². The minimum Gasteiger partial charge on any atom is -0.481 e. The van der Waals surface area contributed by atoms with Crippen molar-refractivity contribution < 1.29 is 27.9 Å². The summed E-state index contributed by atoms with van der Waals surface area (Å²) in [6.45, 7) is 6.73. The maximum Gasteiger partial charge on any atom is 0.416 e. The summed E-state index contributed by atoms with van der Waals surface area (Å²) in [5.41, 5.74) is 0.00717. The number of carbonyl (C=O) groups excluding carboxylic acids is 1. The highest BCUT2D eigenvalue weighted by molar-refractivity contribution is 9.10. The molecule has 5 rings (SSSR count). The van der Waals surface area contributed by atoms with Crippen molar-refractivity contribution in [2.75, 3.05) is 49.5 Å². The fourth-order valence-corrected chi connectivity index (χ4v) is 6.76. The van der Waals surface area contributed by atoms with Gasteiger partial charge in [0, 0.05) is 60.2 Å². The molecule has 0 radical (unpaired) electrons. The third-order valence-electron chi connectivity index (χ3n) is 7.66. The quantitative estimate of drug-likeness (QED) is 0.314. The highest BCUT2D eigenvalue weighted by Gasteiger charge is 2.32. The number of anilines is 2. The number of halogens is 4. The first kappa shape index (κ1) is 31.3. The minimum atomic E-state index is -4.52. The van der Waals surface area contributed by atoms with Gasteiger partial charge in [-0.2, -0.15) is 13.2 Å². The van der Waals surface area contributed by atoms with Gasteiger partial charge in [0.1, 0.15) is 11.5 Å². The Morgan fingerprint density at radius 1 is 1.12 bits per heavy atom. The third kappa shape index (κ3) is 7.88. The van der Waals surface area contributed by atoms with Crippen molar-refractivity contribution in [3.8, 4) is 11.3 Å². The van der Waals surface area contributed by atoms with Crippen LogP contribution in [0.1, 0.15) is 47.1 Å². The smallest absolute Gasteiger partial charge is 0.416 e. The predicted octanol–water partition coefficient (Wildman–Crippen LogP) is 5.21. The normalized spacial score (nSPS) is 18.3. The van der Waals surface area contributed by atoms with Gasteiger partial charge in [-0.15, -0.1) is 0 Å². The molecule has 1 amide bonds. The number of rotatable bonds is 9. The number of carbonyl (C=O) groups is 2. The van der Waals surface area contributed by atoms with Crippen LogP contribution in [0.4, 0.5) is 24.1 Å². The Bertz CT molecular complexity index is 1460. The average molecular weight is 683 g/mol. The van der Waals surface area contributed by atoms with Gasteiger partial charge in [0.05, 0.1) is 30.1 Å². The van der Waals surface area contributed by atoms with Gasteiger partial charge >= 0.3 is 12.1 Å². The predicted molar refractivity (Wildman–Crippen MR) is 160 cm³/mol. The largest absolute Gasteiger partial charge is 0.481 e. The zero-order valence-corrected chi connectivity index (χ0v) is 25.8. The maximum absolute atomic E-state index is 13.6. The summed E-state index contributed by atoms with van der Waals surface area (Å²) in [6.07, 6.45) is 0.571. The number of alkyl halides is 3. The zero-order valence-electron chi connectivity index (χ0n) is 23.4. The number of carboxylic acids is 1. The molecule has 3 aromatic rings. The van der Waals surface area contributed by atoms with Gasteiger partial charge in [0.2, 0.25) is 0 Å². The van der Waals surface area contributed by atoms with Crippen LogP contribution in [0.3, 0.4) is 0 Å². The molecule has 2 aliphatic rings. The Kier molecular flexibility index (Phi) is 9.63. The first-order valence-corrected chi connectivity index (χ1v) is 15.5. The molecule has 15 heteroatoms. The van der Waals surface area contributed by atoms with Crippen LogP contribution in [-0.4, -0.2) is 87.0 Å². The number of nitrogens with zero attached hydrogens (tertiary/aromatic N) is 6. The van der Waals surface area contributed by atoms with Crippen molar-refractivity contribution >= 4 is 50.1 Å². The van der Waals surface area contributed by atoms with Gasteiger partial charge in [-0.05, 0) is 44.5 Å². The van der Waals surface area contributed by atoms with Gasteiger partial charge in [-0.3, -0.25) is 24.7 Å². The number of hydrogen-bond donors (Lipinski definition) is 2. The summed E-state index contributed by atoms with van der Waals surface area (Å²) in [5.74, 6) is -0.732. The minimum absolute atomic E-state index is 0.0807. The number of amides is 1. The molecule has 230 valence electrons. The summed E-state index contributed by atoms with van der Waals surface area (Å²) < 4.78 is 41.1. The lowest BCUT2D eigenvalue weighted by Gasteiger charge is -2.34. The molecular formula is C28H31BrF3N7O3S. The van der Waals surface area contributed by atoms with E-state index in [4.69, 9.17) is 5.11 Å². The van der Waals surface area contributed by atoms with Gasteiger partial charge in [-0.1, -0.05) is 27.3 Å². The van der Waals surface area contributed by atoms with Crippen molar-refractivity contribution in [3.63, 3.8) is 0 Å². The molecular weight excluding hydrogens is 651 g/mol. The molecule has 2 aliphatic heterocycles. The Morgan fingerprint density at radius 3 is 2.51 bits per heavy atom. The SMILES string of the molecule is CC1CCCN1Cc1sc(NC(=O)c2cnc(N3CCN(CCC(=O)O)CC3)cn2)nc1-c1cc(Br)cc(C(F)(F)F)c1. The van der Waals surface area contributed by atoms with E-state index in [0.717, 1.165) is 36.4 Å².